The van der Waals surface area contributed by atoms with Crippen molar-refractivity contribution in [2.45, 2.75) is 38.6 Å². The number of aliphatic imine (C=N–C) groups is 1. The Balaban J connectivity index is 0.00000300. The molecule has 0 bridgehead atoms. The number of methoxy groups -OCH3 is 1. The summed E-state index contributed by atoms with van der Waals surface area (Å²) < 4.78 is 5.24. The Kier molecular flexibility index (Phi) is 9.83. The van der Waals surface area contributed by atoms with Crippen LogP contribution in [0.3, 0.4) is 0 Å². The number of anilines is 1. The number of guanidine groups is 1. The molecule has 0 aromatic heterocycles. The van der Waals surface area contributed by atoms with Crippen molar-refractivity contribution in [3.05, 3.63) is 24.3 Å². The number of carbonyl (C=O) groups is 1. The lowest BCUT2D eigenvalue weighted by atomic mass is 10.2. The Labute approximate surface area is 191 Å². The zero-order chi connectivity index (χ0) is 19.8. The maximum absolute atomic E-state index is 11.8. The molecule has 1 aromatic rings. The van der Waals surface area contributed by atoms with E-state index in [1.807, 2.05) is 12.1 Å². The van der Waals surface area contributed by atoms with Crippen LogP contribution in [-0.2, 0) is 4.79 Å². The minimum Gasteiger partial charge on any atom is -0.497 e. The van der Waals surface area contributed by atoms with Crippen LogP contribution in [0.1, 0.15) is 32.6 Å². The van der Waals surface area contributed by atoms with Crippen molar-refractivity contribution in [1.82, 2.24) is 15.5 Å². The van der Waals surface area contributed by atoms with Crippen molar-refractivity contribution in [2.24, 2.45) is 4.99 Å². The minimum absolute atomic E-state index is 0. The molecule has 2 N–H and O–H groups in total. The summed E-state index contributed by atoms with van der Waals surface area (Å²) in [6.45, 7) is 7.39. The van der Waals surface area contributed by atoms with Gasteiger partial charge in [0, 0.05) is 57.4 Å². The third kappa shape index (κ3) is 7.56. The van der Waals surface area contributed by atoms with Gasteiger partial charge in [-0.2, -0.15) is 0 Å². The zero-order valence-corrected chi connectivity index (χ0v) is 19.9. The molecule has 1 saturated carbocycles. The molecule has 2 aliphatic rings. The van der Waals surface area contributed by atoms with E-state index in [2.05, 4.69) is 39.5 Å². The number of hydrogen-bond donors (Lipinski definition) is 2. The van der Waals surface area contributed by atoms with Gasteiger partial charge in [0.15, 0.2) is 5.96 Å². The standard InChI is InChI=1S/C21H33N5O2.HI/c1-3-22-21(23-12-4-5-20(27)24-17-6-7-17)26-15-13-25(14-16-26)18-8-10-19(28-2)11-9-18;/h8-11,17H,3-7,12-16H2,1-2H3,(H,22,23)(H,24,27);1H. The Morgan fingerprint density at radius 2 is 1.86 bits per heavy atom. The maximum atomic E-state index is 11.8. The maximum Gasteiger partial charge on any atom is 0.220 e. The molecule has 162 valence electrons. The molecule has 1 saturated heterocycles. The van der Waals surface area contributed by atoms with Gasteiger partial charge in [0.2, 0.25) is 5.91 Å². The van der Waals surface area contributed by atoms with Crippen LogP contribution >= 0.6 is 24.0 Å². The molecular formula is C21H34IN5O2. The van der Waals surface area contributed by atoms with Gasteiger partial charge in [-0.25, -0.2) is 0 Å². The average Bonchev–Trinajstić information content (AvgIpc) is 3.54. The van der Waals surface area contributed by atoms with Crippen LogP contribution < -0.4 is 20.3 Å². The van der Waals surface area contributed by atoms with Crippen LogP contribution in [0.2, 0.25) is 0 Å². The lowest BCUT2D eigenvalue weighted by molar-refractivity contribution is -0.121. The fourth-order valence-electron chi connectivity index (χ4n) is 3.35. The van der Waals surface area contributed by atoms with Gasteiger partial charge < -0.3 is 25.2 Å². The van der Waals surface area contributed by atoms with Crippen LogP contribution in [0.4, 0.5) is 5.69 Å². The molecule has 0 unspecified atom stereocenters. The van der Waals surface area contributed by atoms with E-state index >= 15 is 0 Å². The zero-order valence-electron chi connectivity index (χ0n) is 17.5. The van der Waals surface area contributed by atoms with Gasteiger partial charge in [0.05, 0.1) is 7.11 Å². The summed E-state index contributed by atoms with van der Waals surface area (Å²) in [5, 5.41) is 6.42. The number of carbonyl (C=O) groups excluding carboxylic acids is 1. The second-order valence-electron chi connectivity index (χ2n) is 7.35. The van der Waals surface area contributed by atoms with Crippen molar-refractivity contribution in [3.63, 3.8) is 0 Å². The van der Waals surface area contributed by atoms with E-state index in [0.717, 1.165) is 63.7 Å². The molecule has 1 aliphatic heterocycles. The molecular weight excluding hydrogens is 481 g/mol. The highest BCUT2D eigenvalue weighted by Crippen LogP contribution is 2.20. The number of piperazine rings is 1. The monoisotopic (exact) mass is 515 g/mol. The van der Waals surface area contributed by atoms with Gasteiger partial charge in [0.25, 0.3) is 0 Å². The number of benzene rings is 1. The fourth-order valence-corrected chi connectivity index (χ4v) is 3.35. The molecule has 1 amide bonds. The molecule has 1 aliphatic carbocycles. The molecule has 29 heavy (non-hydrogen) atoms. The van der Waals surface area contributed by atoms with Gasteiger partial charge in [0.1, 0.15) is 5.75 Å². The minimum atomic E-state index is 0. The molecule has 7 nitrogen and oxygen atoms in total. The Hall–Kier alpha value is -1.71. The number of amides is 1. The predicted octanol–water partition coefficient (Wildman–Crippen LogP) is 2.46. The van der Waals surface area contributed by atoms with Crippen LogP contribution in [0.15, 0.2) is 29.3 Å². The van der Waals surface area contributed by atoms with Gasteiger partial charge >= 0.3 is 0 Å². The fraction of sp³-hybridized carbons (Fsp3) is 0.619. The molecule has 0 radical (unpaired) electrons. The molecule has 1 heterocycles. The van der Waals surface area contributed by atoms with E-state index in [1.165, 1.54) is 5.69 Å². The lowest BCUT2D eigenvalue weighted by Gasteiger charge is -2.37. The number of halogens is 1. The van der Waals surface area contributed by atoms with Gasteiger partial charge in [-0.15, -0.1) is 24.0 Å². The summed E-state index contributed by atoms with van der Waals surface area (Å²) >= 11 is 0. The normalized spacial score (nSPS) is 16.8. The van der Waals surface area contributed by atoms with Crippen molar-refractivity contribution in [3.8, 4) is 5.75 Å². The van der Waals surface area contributed by atoms with E-state index in [-0.39, 0.29) is 29.9 Å². The van der Waals surface area contributed by atoms with E-state index in [9.17, 15) is 4.79 Å². The van der Waals surface area contributed by atoms with Gasteiger partial charge in [-0.3, -0.25) is 9.79 Å². The topological polar surface area (TPSA) is 69.2 Å². The first kappa shape index (κ1) is 23.6. The molecule has 8 heteroatoms. The Morgan fingerprint density at radius 3 is 2.45 bits per heavy atom. The lowest BCUT2D eigenvalue weighted by Crippen LogP contribution is -2.52. The van der Waals surface area contributed by atoms with Crippen LogP contribution in [0.5, 0.6) is 5.75 Å². The smallest absolute Gasteiger partial charge is 0.220 e. The number of ether oxygens (including phenoxy) is 1. The summed E-state index contributed by atoms with van der Waals surface area (Å²) in [4.78, 5) is 21.2. The summed E-state index contributed by atoms with van der Waals surface area (Å²) in [6, 6.07) is 8.68. The number of nitrogens with one attached hydrogen (secondary N) is 2. The number of hydrogen-bond acceptors (Lipinski definition) is 4. The highest BCUT2D eigenvalue weighted by atomic mass is 127. The first-order chi connectivity index (χ1) is 13.7. The predicted molar refractivity (Wildman–Crippen MR) is 129 cm³/mol. The van der Waals surface area contributed by atoms with E-state index in [1.54, 1.807) is 7.11 Å². The second kappa shape index (κ2) is 12.1. The quantitative estimate of drug-likeness (QED) is 0.241. The summed E-state index contributed by atoms with van der Waals surface area (Å²) in [6.07, 6.45) is 3.62. The summed E-state index contributed by atoms with van der Waals surface area (Å²) in [5.74, 6) is 2.00. The molecule has 0 spiro atoms. The van der Waals surface area contributed by atoms with E-state index in [4.69, 9.17) is 9.73 Å². The van der Waals surface area contributed by atoms with E-state index < -0.39 is 0 Å². The van der Waals surface area contributed by atoms with Crippen molar-refractivity contribution >= 4 is 41.5 Å². The number of rotatable bonds is 8. The van der Waals surface area contributed by atoms with Crippen LogP contribution in [-0.4, -0.2) is 69.2 Å². The highest BCUT2D eigenvalue weighted by molar-refractivity contribution is 14.0. The Bertz CT molecular complexity index is 656. The molecule has 3 rings (SSSR count). The van der Waals surface area contributed by atoms with Crippen molar-refractivity contribution in [1.29, 1.82) is 0 Å². The molecule has 0 atom stereocenters. The third-order valence-electron chi connectivity index (χ3n) is 5.12. The summed E-state index contributed by atoms with van der Waals surface area (Å²) in [5.41, 5.74) is 1.23. The third-order valence-corrected chi connectivity index (χ3v) is 5.12. The largest absolute Gasteiger partial charge is 0.497 e. The SMILES string of the molecule is CCNC(=NCCCC(=O)NC1CC1)N1CCN(c2ccc(OC)cc2)CC1.I. The number of nitrogens with zero attached hydrogens (tertiary/aromatic N) is 3. The van der Waals surface area contributed by atoms with Gasteiger partial charge in [-0.1, -0.05) is 0 Å². The van der Waals surface area contributed by atoms with Crippen LogP contribution in [0, 0.1) is 0 Å². The molecule has 2 fully saturated rings. The first-order valence-corrected chi connectivity index (χ1v) is 10.4. The molecule has 1 aromatic carbocycles. The Morgan fingerprint density at radius 1 is 1.17 bits per heavy atom. The average molecular weight is 515 g/mol. The van der Waals surface area contributed by atoms with Crippen LogP contribution in [0.25, 0.3) is 0 Å². The van der Waals surface area contributed by atoms with Crippen molar-refractivity contribution in [2.75, 3.05) is 51.3 Å². The summed E-state index contributed by atoms with van der Waals surface area (Å²) in [7, 11) is 1.69. The van der Waals surface area contributed by atoms with Crippen molar-refractivity contribution < 1.29 is 9.53 Å². The highest BCUT2D eigenvalue weighted by Gasteiger charge is 2.23. The first-order valence-electron chi connectivity index (χ1n) is 10.4. The van der Waals surface area contributed by atoms with Gasteiger partial charge in [-0.05, 0) is 50.5 Å². The van der Waals surface area contributed by atoms with E-state index in [0.29, 0.717) is 19.0 Å². The second-order valence-corrected chi connectivity index (χ2v) is 7.35.